The molecule has 0 fully saturated rings. The van der Waals surface area contributed by atoms with Crippen molar-refractivity contribution < 1.29 is 32.3 Å². The number of carbonyl (C=O) groups is 1. The number of carboxylic acid groups (broad SMARTS) is 1. The smallest absolute Gasteiger partial charge is 0.361 e. The number of aliphatic imine (C=N–C) groups is 1. The van der Waals surface area contributed by atoms with E-state index < -0.39 is 11.6 Å². The Hall–Kier alpha value is -2.08. The summed E-state index contributed by atoms with van der Waals surface area (Å²) in [6, 6.07) is 17.9. The van der Waals surface area contributed by atoms with E-state index in [0.717, 1.165) is 5.56 Å². The summed E-state index contributed by atoms with van der Waals surface area (Å²) >= 11 is 0. The van der Waals surface area contributed by atoms with E-state index in [4.69, 9.17) is 0 Å². The van der Waals surface area contributed by atoms with Gasteiger partial charge < -0.3 is 5.11 Å². The molecule has 0 bridgehead atoms. The van der Waals surface area contributed by atoms with Gasteiger partial charge in [-0.25, -0.2) is 9.79 Å². The monoisotopic (exact) mass is 372 g/mol. The maximum atomic E-state index is 11.6. The van der Waals surface area contributed by atoms with Crippen molar-refractivity contribution in [3.63, 3.8) is 0 Å². The van der Waals surface area contributed by atoms with Crippen molar-refractivity contribution in [3.05, 3.63) is 71.8 Å². The summed E-state index contributed by atoms with van der Waals surface area (Å²) in [4.78, 5) is 15.9. The molecule has 1 radical (unpaired) electrons. The fourth-order valence-electron chi connectivity index (χ4n) is 2.03. The summed E-state index contributed by atoms with van der Waals surface area (Å²) in [6.07, 6.45) is 0. The van der Waals surface area contributed by atoms with Crippen LogP contribution in [-0.4, -0.2) is 16.9 Å². The minimum absolute atomic E-state index is 0. The summed E-state index contributed by atoms with van der Waals surface area (Å²) in [5.41, 5.74) is -0.440. The molecule has 1 atom stereocenters. The van der Waals surface area contributed by atoms with Gasteiger partial charge in [-0.2, -0.15) is 0 Å². The number of hydrogen-bond donors (Lipinski definition) is 1. The van der Waals surface area contributed by atoms with Gasteiger partial charge in [0.05, 0.1) is 0 Å². The van der Waals surface area contributed by atoms with Gasteiger partial charge in [0, 0.05) is 33.5 Å². The standard InChI is InChI=1S/C15H11N3O2.Ag/c19-14(20)15(12-9-5-2-6-10-12)16-13(17-18-15)11-7-3-1-4-8-11;/h1-10H,(H,19,20);. The molecule has 3 rings (SSSR count). The Balaban J connectivity index is 0.00000161. The Morgan fingerprint density at radius 3 is 2.10 bits per heavy atom. The molecule has 1 heterocycles. The normalized spacial score (nSPS) is 19.7. The van der Waals surface area contributed by atoms with Gasteiger partial charge in [0.1, 0.15) is 0 Å². The van der Waals surface area contributed by atoms with Crippen LogP contribution in [0.1, 0.15) is 11.1 Å². The number of hydrogen-bond acceptors (Lipinski definition) is 4. The summed E-state index contributed by atoms with van der Waals surface area (Å²) in [5.74, 6) is -0.810. The average molecular weight is 373 g/mol. The Morgan fingerprint density at radius 1 is 0.952 bits per heavy atom. The second-order valence-electron chi connectivity index (χ2n) is 4.34. The van der Waals surface area contributed by atoms with Gasteiger partial charge in [0.15, 0.2) is 5.84 Å². The average Bonchev–Trinajstić information content (AvgIpc) is 2.96. The zero-order chi connectivity index (χ0) is 14.0. The van der Waals surface area contributed by atoms with Crippen molar-refractivity contribution in [3.8, 4) is 0 Å². The summed E-state index contributed by atoms with van der Waals surface area (Å²) in [5, 5.41) is 17.4. The molecule has 0 spiro atoms. The van der Waals surface area contributed by atoms with Gasteiger partial charge in [0.2, 0.25) is 0 Å². The van der Waals surface area contributed by atoms with E-state index in [9.17, 15) is 9.90 Å². The van der Waals surface area contributed by atoms with Crippen molar-refractivity contribution in [1.29, 1.82) is 0 Å². The zero-order valence-corrected chi connectivity index (χ0v) is 12.3. The van der Waals surface area contributed by atoms with Crippen LogP contribution in [0.2, 0.25) is 0 Å². The van der Waals surface area contributed by atoms with E-state index in [0.29, 0.717) is 11.4 Å². The Labute approximate surface area is 137 Å². The first-order valence-corrected chi connectivity index (χ1v) is 6.09. The van der Waals surface area contributed by atoms with Gasteiger partial charge in [0.25, 0.3) is 5.66 Å². The molecule has 109 valence electrons. The second-order valence-corrected chi connectivity index (χ2v) is 4.34. The number of amidine groups is 1. The maximum Gasteiger partial charge on any atom is 0.361 e. The van der Waals surface area contributed by atoms with Crippen molar-refractivity contribution in [2.24, 2.45) is 15.2 Å². The molecule has 5 nitrogen and oxygen atoms in total. The predicted octanol–water partition coefficient (Wildman–Crippen LogP) is 2.83. The van der Waals surface area contributed by atoms with E-state index >= 15 is 0 Å². The van der Waals surface area contributed by atoms with E-state index in [1.807, 2.05) is 36.4 Å². The van der Waals surface area contributed by atoms with Crippen molar-refractivity contribution in [2.45, 2.75) is 5.66 Å². The first-order chi connectivity index (χ1) is 9.72. The molecule has 1 aliphatic rings. The number of rotatable bonds is 3. The third-order valence-corrected chi connectivity index (χ3v) is 3.06. The first kappa shape index (κ1) is 15.3. The molecule has 0 amide bonds. The molecular weight excluding hydrogens is 362 g/mol. The predicted molar refractivity (Wildman–Crippen MR) is 73.6 cm³/mol. The quantitative estimate of drug-likeness (QED) is 0.841. The van der Waals surface area contributed by atoms with Crippen LogP contribution in [0, 0.1) is 0 Å². The summed E-state index contributed by atoms with van der Waals surface area (Å²) in [6.45, 7) is 0. The minimum atomic E-state index is -1.67. The summed E-state index contributed by atoms with van der Waals surface area (Å²) < 4.78 is 0. The van der Waals surface area contributed by atoms with Gasteiger partial charge >= 0.3 is 5.97 Å². The molecule has 1 unspecified atom stereocenters. The van der Waals surface area contributed by atoms with E-state index in [1.54, 1.807) is 24.3 Å². The van der Waals surface area contributed by atoms with Gasteiger partial charge in [-0.1, -0.05) is 60.7 Å². The second kappa shape index (κ2) is 6.13. The van der Waals surface area contributed by atoms with Crippen LogP contribution in [0.5, 0.6) is 0 Å². The fraction of sp³-hybridized carbons (Fsp3) is 0.0667. The van der Waals surface area contributed by atoms with Crippen LogP contribution in [-0.2, 0) is 32.8 Å². The van der Waals surface area contributed by atoms with E-state index in [1.165, 1.54) is 0 Å². The third-order valence-electron chi connectivity index (χ3n) is 3.06. The first-order valence-electron chi connectivity index (χ1n) is 6.09. The molecule has 0 aromatic heterocycles. The van der Waals surface area contributed by atoms with Crippen LogP contribution in [0.25, 0.3) is 0 Å². The molecule has 6 heteroatoms. The van der Waals surface area contributed by atoms with Crippen molar-refractivity contribution >= 4 is 11.8 Å². The Bertz CT molecular complexity index is 701. The SMILES string of the molecule is O=C(O)C1(c2ccccc2)N=NC(c2ccccc2)=N1.[Ag]. The fourth-order valence-corrected chi connectivity index (χ4v) is 2.03. The van der Waals surface area contributed by atoms with E-state index in [-0.39, 0.29) is 22.4 Å². The van der Waals surface area contributed by atoms with Gasteiger partial charge in [-0.05, 0) is 0 Å². The molecule has 0 aliphatic carbocycles. The minimum Gasteiger partial charge on any atom is -0.478 e. The number of nitrogens with zero attached hydrogens (tertiary/aromatic N) is 3. The molecule has 0 saturated carbocycles. The van der Waals surface area contributed by atoms with Crippen LogP contribution in [0.3, 0.4) is 0 Å². The molecule has 2 aromatic rings. The number of aliphatic carboxylic acids is 1. The van der Waals surface area contributed by atoms with Gasteiger partial charge in [-0.15, -0.1) is 10.2 Å². The molecule has 1 aliphatic heterocycles. The van der Waals surface area contributed by atoms with Crippen LogP contribution in [0.15, 0.2) is 75.9 Å². The molecule has 2 aromatic carbocycles. The number of azo groups is 1. The topological polar surface area (TPSA) is 74.4 Å². The van der Waals surface area contributed by atoms with E-state index in [2.05, 4.69) is 15.2 Å². The third kappa shape index (κ3) is 2.71. The largest absolute Gasteiger partial charge is 0.478 e. The number of carboxylic acids is 1. The Kier molecular flexibility index (Phi) is 4.47. The Morgan fingerprint density at radius 2 is 1.52 bits per heavy atom. The van der Waals surface area contributed by atoms with Crippen LogP contribution >= 0.6 is 0 Å². The molecule has 0 saturated heterocycles. The van der Waals surface area contributed by atoms with Crippen molar-refractivity contribution in [2.75, 3.05) is 0 Å². The maximum absolute atomic E-state index is 11.6. The van der Waals surface area contributed by atoms with Crippen molar-refractivity contribution in [1.82, 2.24) is 0 Å². The molecule has 1 N–H and O–H groups in total. The van der Waals surface area contributed by atoms with Crippen LogP contribution in [0.4, 0.5) is 0 Å². The molecule has 21 heavy (non-hydrogen) atoms. The van der Waals surface area contributed by atoms with Gasteiger partial charge in [-0.3, -0.25) is 0 Å². The molecular formula is C15H11AgN3O2. The zero-order valence-electron chi connectivity index (χ0n) is 10.8. The number of benzene rings is 2. The summed E-state index contributed by atoms with van der Waals surface area (Å²) in [7, 11) is 0. The van der Waals surface area contributed by atoms with Crippen LogP contribution < -0.4 is 0 Å².